The Hall–Kier alpha value is -3.06. The molecule has 0 fully saturated rings. The van der Waals surface area contributed by atoms with Crippen molar-refractivity contribution in [1.29, 1.82) is 0 Å². The second kappa shape index (κ2) is 12.1. The van der Waals surface area contributed by atoms with Crippen LogP contribution < -0.4 is 20.1 Å². The lowest BCUT2D eigenvalue weighted by atomic mass is 10.0. The van der Waals surface area contributed by atoms with Crippen LogP contribution >= 0.6 is 0 Å². The first kappa shape index (κ1) is 25.2. The van der Waals surface area contributed by atoms with E-state index in [0.29, 0.717) is 36.3 Å². The van der Waals surface area contributed by atoms with Crippen LogP contribution in [-0.2, 0) is 9.59 Å². The van der Waals surface area contributed by atoms with Gasteiger partial charge in [0.25, 0.3) is 0 Å². The van der Waals surface area contributed by atoms with Gasteiger partial charge in [0.2, 0.25) is 11.8 Å². The average molecular weight is 442 g/mol. The maximum atomic E-state index is 12.8. The highest BCUT2D eigenvalue weighted by Crippen LogP contribution is 2.30. The number of rotatable bonds is 11. The summed E-state index contributed by atoms with van der Waals surface area (Å²) in [5, 5.41) is 5.85. The first-order valence-corrected chi connectivity index (χ1v) is 11.1. The SMILES string of the molecule is CCOc1ccc(NC(=O)CN(C)C(C)C(=O)Nc2ccccc2C(C)C)cc1OCC. The van der Waals surface area contributed by atoms with Gasteiger partial charge >= 0.3 is 0 Å². The molecule has 0 saturated heterocycles. The molecule has 1 atom stereocenters. The van der Waals surface area contributed by atoms with Crippen molar-refractivity contribution in [3.8, 4) is 11.5 Å². The van der Waals surface area contributed by atoms with Gasteiger partial charge in [-0.15, -0.1) is 0 Å². The Balaban J connectivity index is 1.98. The normalized spacial score (nSPS) is 11.9. The summed E-state index contributed by atoms with van der Waals surface area (Å²) >= 11 is 0. The number of hydrogen-bond acceptors (Lipinski definition) is 5. The Morgan fingerprint density at radius 2 is 1.59 bits per heavy atom. The second-order valence-electron chi connectivity index (χ2n) is 7.90. The molecule has 0 aliphatic carbocycles. The standard InChI is InChI=1S/C25H35N3O4/c1-7-31-22-14-13-19(15-23(22)32-8-2)26-24(29)16-28(6)18(5)25(30)27-21-12-10-9-11-20(21)17(3)4/h9-15,17-18H,7-8,16H2,1-6H3,(H,26,29)(H,27,30). The summed E-state index contributed by atoms with van der Waals surface area (Å²) < 4.78 is 11.2. The van der Waals surface area contributed by atoms with E-state index in [1.165, 1.54) is 0 Å². The molecule has 0 aliphatic heterocycles. The van der Waals surface area contributed by atoms with Crippen molar-refractivity contribution in [2.24, 2.45) is 0 Å². The lowest BCUT2D eigenvalue weighted by Crippen LogP contribution is -2.43. The first-order chi connectivity index (χ1) is 15.3. The van der Waals surface area contributed by atoms with E-state index in [-0.39, 0.29) is 18.4 Å². The number of para-hydroxylation sites is 1. The predicted molar refractivity (Wildman–Crippen MR) is 129 cm³/mol. The smallest absolute Gasteiger partial charge is 0.241 e. The molecule has 0 heterocycles. The number of likely N-dealkylation sites (N-methyl/N-ethyl adjacent to an activating group) is 1. The molecule has 32 heavy (non-hydrogen) atoms. The summed E-state index contributed by atoms with van der Waals surface area (Å²) in [6.45, 7) is 10.8. The number of nitrogens with zero attached hydrogens (tertiary/aromatic N) is 1. The Morgan fingerprint density at radius 1 is 0.938 bits per heavy atom. The van der Waals surface area contributed by atoms with Gasteiger partial charge in [-0.1, -0.05) is 32.0 Å². The zero-order valence-corrected chi connectivity index (χ0v) is 19.9. The van der Waals surface area contributed by atoms with Crippen LogP contribution in [-0.4, -0.2) is 49.6 Å². The Kier molecular flexibility index (Phi) is 9.53. The quantitative estimate of drug-likeness (QED) is 0.537. The molecule has 0 aromatic heterocycles. The predicted octanol–water partition coefficient (Wildman–Crippen LogP) is 4.50. The summed E-state index contributed by atoms with van der Waals surface area (Å²) in [5.74, 6) is 1.13. The Labute approximate surface area is 191 Å². The van der Waals surface area contributed by atoms with Crippen LogP contribution in [0.4, 0.5) is 11.4 Å². The summed E-state index contributed by atoms with van der Waals surface area (Å²) in [6, 6.07) is 12.6. The highest BCUT2D eigenvalue weighted by molar-refractivity contribution is 5.96. The maximum absolute atomic E-state index is 12.8. The third-order valence-corrected chi connectivity index (χ3v) is 5.10. The third-order valence-electron chi connectivity index (χ3n) is 5.10. The van der Waals surface area contributed by atoms with Gasteiger partial charge < -0.3 is 20.1 Å². The van der Waals surface area contributed by atoms with E-state index in [1.807, 2.05) is 38.1 Å². The highest BCUT2D eigenvalue weighted by Gasteiger charge is 2.21. The van der Waals surface area contributed by atoms with Crippen LogP contribution in [0.3, 0.4) is 0 Å². The fourth-order valence-electron chi connectivity index (χ4n) is 3.24. The molecular formula is C25H35N3O4. The number of carbonyl (C=O) groups is 2. The number of hydrogen-bond donors (Lipinski definition) is 2. The second-order valence-corrected chi connectivity index (χ2v) is 7.90. The van der Waals surface area contributed by atoms with Crippen molar-refractivity contribution in [3.63, 3.8) is 0 Å². The molecule has 1 unspecified atom stereocenters. The molecule has 2 amide bonds. The molecule has 2 rings (SSSR count). The van der Waals surface area contributed by atoms with Gasteiger partial charge in [0.05, 0.1) is 25.8 Å². The molecule has 7 nitrogen and oxygen atoms in total. The molecule has 0 radical (unpaired) electrons. The minimum Gasteiger partial charge on any atom is -0.490 e. The van der Waals surface area contributed by atoms with Crippen LogP contribution in [0, 0.1) is 0 Å². The zero-order valence-electron chi connectivity index (χ0n) is 19.9. The van der Waals surface area contributed by atoms with Gasteiger partial charge in [-0.25, -0.2) is 0 Å². The van der Waals surface area contributed by atoms with E-state index >= 15 is 0 Å². The molecule has 2 aromatic carbocycles. The van der Waals surface area contributed by atoms with Gasteiger partial charge in [0, 0.05) is 17.4 Å². The van der Waals surface area contributed by atoms with Crippen LogP contribution in [0.1, 0.15) is 46.1 Å². The Morgan fingerprint density at radius 3 is 2.25 bits per heavy atom. The number of benzene rings is 2. The van der Waals surface area contributed by atoms with E-state index in [0.717, 1.165) is 11.3 Å². The van der Waals surface area contributed by atoms with E-state index in [2.05, 4.69) is 24.5 Å². The van der Waals surface area contributed by atoms with E-state index in [1.54, 1.807) is 37.1 Å². The van der Waals surface area contributed by atoms with Gasteiger partial charge in [0.15, 0.2) is 11.5 Å². The Bertz CT molecular complexity index is 914. The summed E-state index contributed by atoms with van der Waals surface area (Å²) in [4.78, 5) is 27.1. The molecule has 0 aliphatic rings. The van der Waals surface area contributed by atoms with Crippen LogP contribution in [0.25, 0.3) is 0 Å². The molecule has 2 N–H and O–H groups in total. The monoisotopic (exact) mass is 441 g/mol. The largest absolute Gasteiger partial charge is 0.490 e. The van der Waals surface area contributed by atoms with Crippen molar-refractivity contribution < 1.29 is 19.1 Å². The number of anilines is 2. The fraction of sp³-hybridized carbons (Fsp3) is 0.440. The van der Waals surface area contributed by atoms with E-state index in [4.69, 9.17) is 9.47 Å². The molecular weight excluding hydrogens is 406 g/mol. The van der Waals surface area contributed by atoms with Crippen LogP contribution in [0.15, 0.2) is 42.5 Å². The van der Waals surface area contributed by atoms with Gasteiger partial charge in [-0.05, 0) is 57.5 Å². The van der Waals surface area contributed by atoms with Crippen molar-refractivity contribution in [3.05, 3.63) is 48.0 Å². The summed E-state index contributed by atoms with van der Waals surface area (Å²) in [5.41, 5.74) is 2.49. The van der Waals surface area contributed by atoms with Crippen molar-refractivity contribution in [2.45, 2.75) is 46.6 Å². The van der Waals surface area contributed by atoms with Crippen molar-refractivity contribution in [1.82, 2.24) is 4.90 Å². The lowest BCUT2D eigenvalue weighted by Gasteiger charge is -2.24. The minimum atomic E-state index is -0.486. The number of amides is 2. The summed E-state index contributed by atoms with van der Waals surface area (Å²) in [7, 11) is 1.75. The average Bonchev–Trinajstić information content (AvgIpc) is 2.75. The first-order valence-electron chi connectivity index (χ1n) is 11.1. The fourth-order valence-corrected chi connectivity index (χ4v) is 3.24. The number of carbonyl (C=O) groups excluding carboxylic acids is 2. The number of ether oxygens (including phenoxy) is 2. The minimum absolute atomic E-state index is 0.0671. The molecule has 0 saturated carbocycles. The summed E-state index contributed by atoms with van der Waals surface area (Å²) in [6.07, 6.45) is 0. The van der Waals surface area contributed by atoms with E-state index < -0.39 is 6.04 Å². The van der Waals surface area contributed by atoms with Gasteiger partial charge in [-0.3, -0.25) is 14.5 Å². The van der Waals surface area contributed by atoms with Gasteiger partial charge in [-0.2, -0.15) is 0 Å². The van der Waals surface area contributed by atoms with Gasteiger partial charge in [0.1, 0.15) is 0 Å². The molecule has 174 valence electrons. The van der Waals surface area contributed by atoms with Crippen LogP contribution in [0.5, 0.6) is 11.5 Å². The number of nitrogens with one attached hydrogen (secondary N) is 2. The zero-order chi connectivity index (χ0) is 23.7. The van der Waals surface area contributed by atoms with Crippen molar-refractivity contribution in [2.75, 3.05) is 37.4 Å². The lowest BCUT2D eigenvalue weighted by molar-refractivity contribution is -0.122. The highest BCUT2D eigenvalue weighted by atomic mass is 16.5. The van der Waals surface area contributed by atoms with Crippen LogP contribution in [0.2, 0.25) is 0 Å². The molecule has 2 aromatic rings. The van der Waals surface area contributed by atoms with Crippen molar-refractivity contribution >= 4 is 23.2 Å². The molecule has 7 heteroatoms. The molecule has 0 bridgehead atoms. The van der Waals surface area contributed by atoms with E-state index in [9.17, 15) is 9.59 Å². The molecule has 0 spiro atoms. The third kappa shape index (κ3) is 6.99. The maximum Gasteiger partial charge on any atom is 0.241 e. The topological polar surface area (TPSA) is 79.9 Å².